The van der Waals surface area contributed by atoms with Gasteiger partial charge in [-0.2, -0.15) is 5.26 Å². The molecule has 1 fully saturated rings. The van der Waals surface area contributed by atoms with Crippen molar-refractivity contribution in [2.24, 2.45) is 5.73 Å². The van der Waals surface area contributed by atoms with Crippen LogP contribution in [0.3, 0.4) is 0 Å². The molecule has 0 amide bonds. The van der Waals surface area contributed by atoms with Crippen molar-refractivity contribution in [3.05, 3.63) is 28.2 Å². The molecule has 0 bridgehead atoms. The minimum atomic E-state index is -1.23. The Hall–Kier alpha value is -1.58. The molecule has 0 aliphatic carbocycles. The Balaban J connectivity index is 2.33. The first-order valence-corrected chi connectivity index (χ1v) is 6.22. The topological polar surface area (TPSA) is 90.4 Å². The molecule has 1 aromatic carbocycles. The van der Waals surface area contributed by atoms with Crippen molar-refractivity contribution in [3.8, 4) is 6.07 Å². The van der Waals surface area contributed by atoms with Crippen molar-refractivity contribution in [3.63, 3.8) is 0 Å². The second-order valence-electron chi connectivity index (χ2n) is 4.41. The van der Waals surface area contributed by atoms with Gasteiger partial charge >= 0.3 is 5.97 Å². The number of hydrogen-bond acceptors (Lipinski definition) is 4. The first-order chi connectivity index (χ1) is 8.46. The molecule has 1 aliphatic rings. The predicted molar refractivity (Wildman–Crippen MR) is 70.2 cm³/mol. The molecule has 3 N–H and O–H groups in total. The van der Waals surface area contributed by atoms with Crippen LogP contribution in [0.5, 0.6) is 0 Å². The van der Waals surface area contributed by atoms with E-state index in [4.69, 9.17) is 16.1 Å². The average molecular weight is 310 g/mol. The third-order valence-electron chi connectivity index (χ3n) is 3.15. The summed E-state index contributed by atoms with van der Waals surface area (Å²) in [6, 6.07) is 7.40. The van der Waals surface area contributed by atoms with Gasteiger partial charge in [-0.3, -0.25) is 4.79 Å². The molecule has 0 aromatic heterocycles. The van der Waals surface area contributed by atoms with Gasteiger partial charge in [0.05, 0.1) is 11.3 Å². The monoisotopic (exact) mass is 309 g/mol. The lowest BCUT2D eigenvalue weighted by Gasteiger charge is -2.22. The van der Waals surface area contributed by atoms with Gasteiger partial charge in [0.25, 0.3) is 0 Å². The van der Waals surface area contributed by atoms with Gasteiger partial charge in [-0.25, -0.2) is 0 Å². The average Bonchev–Trinajstić information content (AvgIpc) is 2.73. The number of nitriles is 1. The minimum absolute atomic E-state index is 0.216. The summed E-state index contributed by atoms with van der Waals surface area (Å²) in [6.45, 7) is 0.751. The van der Waals surface area contributed by atoms with Crippen LogP contribution in [-0.4, -0.2) is 29.7 Å². The fourth-order valence-corrected chi connectivity index (χ4v) is 2.42. The van der Waals surface area contributed by atoms with Crippen molar-refractivity contribution in [1.82, 2.24) is 0 Å². The number of nitrogens with two attached hydrogens (primary N) is 1. The van der Waals surface area contributed by atoms with E-state index in [1.807, 2.05) is 11.0 Å². The Bertz CT molecular complexity index is 541. The summed E-state index contributed by atoms with van der Waals surface area (Å²) >= 11 is 3.35. The predicted octanol–water partition coefficient (Wildman–Crippen LogP) is 1.31. The quantitative estimate of drug-likeness (QED) is 0.859. The third-order valence-corrected chi connectivity index (χ3v) is 3.64. The van der Waals surface area contributed by atoms with Crippen molar-refractivity contribution < 1.29 is 9.90 Å². The normalized spacial score (nSPS) is 22.8. The van der Waals surface area contributed by atoms with E-state index in [9.17, 15) is 4.79 Å². The van der Waals surface area contributed by atoms with Crippen LogP contribution in [0.4, 0.5) is 5.69 Å². The van der Waals surface area contributed by atoms with Gasteiger partial charge in [-0.15, -0.1) is 0 Å². The molecule has 5 nitrogen and oxygen atoms in total. The number of carbonyl (C=O) groups is 1. The standard InChI is InChI=1S/C12H12BrN3O2/c13-9-2-1-8(6-14)10(5-9)16-4-3-12(15,7-16)11(17)18/h1-2,5H,3-4,7,15H2,(H,17,18). The molecule has 0 radical (unpaired) electrons. The van der Waals surface area contributed by atoms with E-state index in [1.54, 1.807) is 12.1 Å². The lowest BCUT2D eigenvalue weighted by molar-refractivity contribution is -0.142. The lowest BCUT2D eigenvalue weighted by atomic mass is 10.0. The first-order valence-electron chi connectivity index (χ1n) is 5.43. The van der Waals surface area contributed by atoms with Crippen LogP contribution < -0.4 is 10.6 Å². The minimum Gasteiger partial charge on any atom is -0.480 e. The van der Waals surface area contributed by atoms with E-state index in [0.717, 1.165) is 10.2 Å². The maximum Gasteiger partial charge on any atom is 0.325 e. The van der Waals surface area contributed by atoms with Gasteiger partial charge in [0.1, 0.15) is 11.6 Å². The maximum atomic E-state index is 11.1. The molecule has 1 unspecified atom stereocenters. The summed E-state index contributed by atoms with van der Waals surface area (Å²) in [5.74, 6) is -1.00. The highest BCUT2D eigenvalue weighted by Crippen LogP contribution is 2.30. The Morgan fingerprint density at radius 1 is 1.61 bits per heavy atom. The summed E-state index contributed by atoms with van der Waals surface area (Å²) in [6.07, 6.45) is 0.375. The molecule has 2 rings (SSSR count). The Morgan fingerprint density at radius 3 is 2.89 bits per heavy atom. The second kappa shape index (κ2) is 4.59. The van der Waals surface area contributed by atoms with Crippen LogP contribution in [0.1, 0.15) is 12.0 Å². The molecule has 6 heteroatoms. The molecule has 18 heavy (non-hydrogen) atoms. The van der Waals surface area contributed by atoms with E-state index in [-0.39, 0.29) is 6.54 Å². The van der Waals surface area contributed by atoms with Gasteiger partial charge in [-0.05, 0) is 24.6 Å². The largest absolute Gasteiger partial charge is 0.480 e. The zero-order valence-electron chi connectivity index (χ0n) is 9.56. The molecule has 0 spiro atoms. The first kappa shape index (κ1) is 12.9. The van der Waals surface area contributed by atoms with Crippen LogP contribution in [0.2, 0.25) is 0 Å². The molecule has 1 aromatic rings. The Morgan fingerprint density at radius 2 is 2.33 bits per heavy atom. The fourth-order valence-electron chi connectivity index (χ4n) is 2.07. The highest BCUT2D eigenvalue weighted by atomic mass is 79.9. The summed E-state index contributed by atoms with van der Waals surface area (Å²) in [4.78, 5) is 12.9. The smallest absolute Gasteiger partial charge is 0.325 e. The highest BCUT2D eigenvalue weighted by Gasteiger charge is 2.41. The number of benzene rings is 1. The Kier molecular flexibility index (Phi) is 3.28. The van der Waals surface area contributed by atoms with E-state index < -0.39 is 11.5 Å². The lowest BCUT2D eigenvalue weighted by Crippen LogP contribution is -2.50. The van der Waals surface area contributed by atoms with Crippen LogP contribution in [-0.2, 0) is 4.79 Å². The van der Waals surface area contributed by atoms with Gasteiger partial charge < -0.3 is 15.7 Å². The van der Waals surface area contributed by atoms with E-state index >= 15 is 0 Å². The van der Waals surface area contributed by atoms with E-state index in [0.29, 0.717) is 18.5 Å². The zero-order valence-corrected chi connectivity index (χ0v) is 11.1. The van der Waals surface area contributed by atoms with Crippen molar-refractivity contribution in [2.45, 2.75) is 12.0 Å². The van der Waals surface area contributed by atoms with Crippen molar-refractivity contribution >= 4 is 27.6 Å². The number of anilines is 1. The second-order valence-corrected chi connectivity index (χ2v) is 5.32. The zero-order chi connectivity index (χ0) is 13.3. The molecule has 1 aliphatic heterocycles. The summed E-state index contributed by atoms with van der Waals surface area (Å²) in [5.41, 5.74) is 5.84. The number of rotatable bonds is 2. The van der Waals surface area contributed by atoms with Gasteiger partial charge in [0.15, 0.2) is 0 Å². The van der Waals surface area contributed by atoms with Crippen molar-refractivity contribution in [1.29, 1.82) is 5.26 Å². The van der Waals surface area contributed by atoms with Crippen molar-refractivity contribution in [2.75, 3.05) is 18.0 Å². The van der Waals surface area contributed by atoms with Crippen LogP contribution in [0.25, 0.3) is 0 Å². The number of halogens is 1. The molecule has 1 saturated heterocycles. The molecular weight excluding hydrogens is 298 g/mol. The molecule has 1 atom stereocenters. The number of nitrogens with zero attached hydrogens (tertiary/aromatic N) is 2. The summed E-state index contributed by atoms with van der Waals surface area (Å²) in [5, 5.41) is 18.2. The van der Waals surface area contributed by atoms with E-state index in [2.05, 4.69) is 22.0 Å². The number of carboxylic acid groups (broad SMARTS) is 1. The summed E-state index contributed by atoms with van der Waals surface area (Å²) < 4.78 is 0.848. The molecule has 0 saturated carbocycles. The number of aliphatic carboxylic acids is 1. The molecular formula is C12H12BrN3O2. The summed E-state index contributed by atoms with van der Waals surface area (Å²) in [7, 11) is 0. The number of carboxylic acids is 1. The SMILES string of the molecule is N#Cc1ccc(Br)cc1N1CCC(N)(C(=O)O)C1. The van der Waals surface area contributed by atoms with Gasteiger partial charge in [0, 0.05) is 17.6 Å². The molecule has 94 valence electrons. The van der Waals surface area contributed by atoms with Crippen LogP contribution in [0, 0.1) is 11.3 Å². The van der Waals surface area contributed by atoms with Gasteiger partial charge in [0.2, 0.25) is 0 Å². The van der Waals surface area contributed by atoms with Crippen LogP contribution >= 0.6 is 15.9 Å². The third kappa shape index (κ3) is 2.19. The highest BCUT2D eigenvalue weighted by molar-refractivity contribution is 9.10. The Labute approximate surface area is 113 Å². The van der Waals surface area contributed by atoms with E-state index in [1.165, 1.54) is 0 Å². The number of hydrogen-bond donors (Lipinski definition) is 2. The maximum absolute atomic E-state index is 11.1. The van der Waals surface area contributed by atoms with Gasteiger partial charge in [-0.1, -0.05) is 15.9 Å². The molecule has 1 heterocycles. The van der Waals surface area contributed by atoms with Crippen LogP contribution in [0.15, 0.2) is 22.7 Å². The fraction of sp³-hybridized carbons (Fsp3) is 0.333.